The van der Waals surface area contributed by atoms with E-state index in [0.29, 0.717) is 34.9 Å². The van der Waals surface area contributed by atoms with Gasteiger partial charge in [0.15, 0.2) is 0 Å². The molecule has 0 spiro atoms. The van der Waals surface area contributed by atoms with Crippen molar-refractivity contribution in [1.82, 2.24) is 4.90 Å². The fourth-order valence-corrected chi connectivity index (χ4v) is 3.54. The first kappa shape index (κ1) is 20.5. The summed E-state index contributed by atoms with van der Waals surface area (Å²) in [5.41, 5.74) is 4.05. The second kappa shape index (κ2) is 8.52. The third-order valence-corrected chi connectivity index (χ3v) is 5.30. The number of anilines is 1. The standard InChI is InChI=1S/C25H24N2O4/c1-4-30-21-10-6-5-9-20(21)26-23-22(18-12-11-16(2)17(3)14-18)24(28)27(25(23)29)15-19-8-7-13-31-19/h5-14,26H,4,15H2,1-3H3. The molecule has 2 heterocycles. The number of para-hydroxylation sites is 2. The van der Waals surface area contributed by atoms with Crippen molar-refractivity contribution < 1.29 is 18.7 Å². The Balaban J connectivity index is 1.79. The number of nitrogens with zero attached hydrogens (tertiary/aromatic N) is 1. The predicted octanol–water partition coefficient (Wildman–Crippen LogP) is 4.69. The molecule has 2 aromatic carbocycles. The van der Waals surface area contributed by atoms with Crippen molar-refractivity contribution in [2.75, 3.05) is 11.9 Å². The third-order valence-electron chi connectivity index (χ3n) is 5.30. The van der Waals surface area contributed by atoms with Crippen molar-refractivity contribution in [1.29, 1.82) is 0 Å². The summed E-state index contributed by atoms with van der Waals surface area (Å²) in [6.45, 7) is 6.44. The molecule has 0 unspecified atom stereocenters. The lowest BCUT2D eigenvalue weighted by molar-refractivity contribution is -0.137. The zero-order valence-electron chi connectivity index (χ0n) is 17.8. The molecule has 0 aliphatic carbocycles. The van der Waals surface area contributed by atoms with Gasteiger partial charge in [0, 0.05) is 0 Å². The molecule has 4 rings (SSSR count). The molecular formula is C25H24N2O4. The maximum Gasteiger partial charge on any atom is 0.278 e. The lowest BCUT2D eigenvalue weighted by atomic mass is 9.99. The van der Waals surface area contributed by atoms with Crippen LogP contribution in [0, 0.1) is 13.8 Å². The van der Waals surface area contributed by atoms with Crippen LogP contribution in [0.3, 0.4) is 0 Å². The Labute approximate surface area is 181 Å². The number of hydrogen-bond acceptors (Lipinski definition) is 5. The summed E-state index contributed by atoms with van der Waals surface area (Å²) in [6.07, 6.45) is 1.52. The quantitative estimate of drug-likeness (QED) is 0.566. The Kier molecular flexibility index (Phi) is 5.62. The topological polar surface area (TPSA) is 71.8 Å². The molecule has 0 radical (unpaired) electrons. The van der Waals surface area contributed by atoms with Crippen LogP contribution in [0.25, 0.3) is 5.57 Å². The highest BCUT2D eigenvalue weighted by atomic mass is 16.5. The highest BCUT2D eigenvalue weighted by Gasteiger charge is 2.40. The van der Waals surface area contributed by atoms with E-state index in [0.717, 1.165) is 11.1 Å². The van der Waals surface area contributed by atoms with Crippen LogP contribution in [0.4, 0.5) is 5.69 Å². The first-order valence-corrected chi connectivity index (χ1v) is 10.2. The molecule has 6 heteroatoms. The van der Waals surface area contributed by atoms with E-state index in [1.54, 1.807) is 12.1 Å². The molecule has 158 valence electrons. The Morgan fingerprint density at radius 2 is 1.77 bits per heavy atom. The summed E-state index contributed by atoms with van der Waals surface area (Å²) < 4.78 is 11.1. The number of imide groups is 1. The van der Waals surface area contributed by atoms with Gasteiger partial charge in [-0.3, -0.25) is 14.5 Å². The highest BCUT2D eigenvalue weighted by Crippen LogP contribution is 2.34. The molecular weight excluding hydrogens is 392 g/mol. The van der Waals surface area contributed by atoms with Gasteiger partial charge in [-0.25, -0.2) is 0 Å². The summed E-state index contributed by atoms with van der Waals surface area (Å²) in [5, 5.41) is 3.18. The number of benzene rings is 2. The maximum atomic E-state index is 13.4. The van der Waals surface area contributed by atoms with Gasteiger partial charge in [-0.15, -0.1) is 0 Å². The summed E-state index contributed by atoms with van der Waals surface area (Å²) in [4.78, 5) is 27.9. The monoisotopic (exact) mass is 416 g/mol. The van der Waals surface area contributed by atoms with Gasteiger partial charge in [0.05, 0.1) is 30.7 Å². The predicted molar refractivity (Wildman–Crippen MR) is 118 cm³/mol. The molecule has 3 aromatic rings. The smallest absolute Gasteiger partial charge is 0.278 e. The molecule has 1 aliphatic heterocycles. The number of nitrogens with one attached hydrogen (secondary N) is 1. The first-order chi connectivity index (χ1) is 15.0. The lowest BCUT2D eigenvalue weighted by Crippen LogP contribution is -2.31. The molecule has 1 aromatic heterocycles. The van der Waals surface area contributed by atoms with Crippen molar-refractivity contribution >= 4 is 23.1 Å². The molecule has 0 fully saturated rings. The number of carbonyl (C=O) groups is 2. The fourth-order valence-electron chi connectivity index (χ4n) is 3.54. The average Bonchev–Trinajstić information content (AvgIpc) is 3.35. The summed E-state index contributed by atoms with van der Waals surface area (Å²) in [5.74, 6) is 0.390. The maximum absolute atomic E-state index is 13.4. The van der Waals surface area contributed by atoms with Crippen LogP contribution in [0.2, 0.25) is 0 Å². The normalized spacial score (nSPS) is 13.8. The van der Waals surface area contributed by atoms with Crippen molar-refractivity contribution in [2.45, 2.75) is 27.3 Å². The van der Waals surface area contributed by atoms with Gasteiger partial charge >= 0.3 is 0 Å². The van der Waals surface area contributed by atoms with E-state index in [2.05, 4.69) is 5.32 Å². The minimum absolute atomic E-state index is 0.0668. The number of ether oxygens (including phenoxy) is 1. The summed E-state index contributed by atoms with van der Waals surface area (Å²) >= 11 is 0. The van der Waals surface area contributed by atoms with E-state index < -0.39 is 5.91 Å². The van der Waals surface area contributed by atoms with Gasteiger partial charge < -0.3 is 14.5 Å². The summed E-state index contributed by atoms with van der Waals surface area (Å²) in [6, 6.07) is 16.6. The molecule has 0 atom stereocenters. The molecule has 0 saturated carbocycles. The Morgan fingerprint density at radius 3 is 2.48 bits per heavy atom. The molecule has 0 saturated heterocycles. The molecule has 1 aliphatic rings. The number of hydrogen-bond donors (Lipinski definition) is 1. The van der Waals surface area contributed by atoms with E-state index in [4.69, 9.17) is 9.15 Å². The van der Waals surface area contributed by atoms with Gasteiger partial charge in [-0.1, -0.05) is 30.3 Å². The minimum atomic E-state index is -0.402. The van der Waals surface area contributed by atoms with E-state index in [1.807, 2.05) is 63.2 Å². The zero-order chi connectivity index (χ0) is 22.0. The SMILES string of the molecule is CCOc1ccccc1NC1=C(c2ccc(C)c(C)c2)C(=O)N(Cc2ccco2)C1=O. The molecule has 1 N–H and O–H groups in total. The fraction of sp³-hybridized carbons (Fsp3) is 0.200. The van der Waals surface area contributed by atoms with E-state index in [9.17, 15) is 9.59 Å². The molecule has 0 bridgehead atoms. The van der Waals surface area contributed by atoms with Crippen molar-refractivity contribution in [3.05, 3.63) is 89.0 Å². The average molecular weight is 416 g/mol. The zero-order valence-corrected chi connectivity index (χ0v) is 17.8. The van der Waals surface area contributed by atoms with E-state index >= 15 is 0 Å². The molecule has 6 nitrogen and oxygen atoms in total. The number of carbonyl (C=O) groups excluding carboxylic acids is 2. The third kappa shape index (κ3) is 3.97. The van der Waals surface area contributed by atoms with E-state index in [-0.39, 0.29) is 18.1 Å². The highest BCUT2D eigenvalue weighted by molar-refractivity contribution is 6.36. The van der Waals surface area contributed by atoms with Crippen molar-refractivity contribution in [3.8, 4) is 5.75 Å². The van der Waals surface area contributed by atoms with Crippen molar-refractivity contribution in [3.63, 3.8) is 0 Å². The van der Waals surface area contributed by atoms with Crippen LogP contribution in [0.1, 0.15) is 29.4 Å². The Hall–Kier alpha value is -3.80. The number of furan rings is 1. The Bertz CT molecular complexity index is 1160. The number of rotatable bonds is 7. The largest absolute Gasteiger partial charge is 0.492 e. The van der Waals surface area contributed by atoms with Gasteiger partial charge in [0.25, 0.3) is 11.8 Å². The summed E-state index contributed by atoms with van der Waals surface area (Å²) in [7, 11) is 0. The first-order valence-electron chi connectivity index (χ1n) is 10.2. The number of amides is 2. The van der Waals surface area contributed by atoms with Crippen LogP contribution in [-0.2, 0) is 16.1 Å². The lowest BCUT2D eigenvalue weighted by Gasteiger charge is -2.15. The van der Waals surface area contributed by atoms with Gasteiger partial charge in [0.1, 0.15) is 17.2 Å². The minimum Gasteiger partial charge on any atom is -0.492 e. The van der Waals surface area contributed by atoms with Crippen molar-refractivity contribution in [2.24, 2.45) is 0 Å². The second-order valence-corrected chi connectivity index (χ2v) is 7.38. The van der Waals surface area contributed by atoms with Gasteiger partial charge in [-0.05, 0) is 61.7 Å². The number of aryl methyl sites for hydroxylation is 2. The van der Waals surface area contributed by atoms with Crippen LogP contribution in [0.5, 0.6) is 5.75 Å². The molecule has 2 amide bonds. The van der Waals surface area contributed by atoms with Crippen LogP contribution in [-0.4, -0.2) is 23.3 Å². The second-order valence-electron chi connectivity index (χ2n) is 7.38. The molecule has 31 heavy (non-hydrogen) atoms. The van der Waals surface area contributed by atoms with Crippen LogP contribution < -0.4 is 10.1 Å². The van der Waals surface area contributed by atoms with Gasteiger partial charge in [0.2, 0.25) is 0 Å². The van der Waals surface area contributed by atoms with Crippen LogP contribution >= 0.6 is 0 Å². The van der Waals surface area contributed by atoms with E-state index in [1.165, 1.54) is 11.2 Å². The van der Waals surface area contributed by atoms with Crippen LogP contribution in [0.15, 0.2) is 71.0 Å². The van der Waals surface area contributed by atoms with Gasteiger partial charge in [-0.2, -0.15) is 0 Å². The Morgan fingerprint density at radius 1 is 0.968 bits per heavy atom.